The van der Waals surface area contributed by atoms with Gasteiger partial charge in [-0.2, -0.15) is 0 Å². The lowest BCUT2D eigenvalue weighted by atomic mass is 9.87. The molecule has 0 aromatic heterocycles. The topological polar surface area (TPSA) is 33.7 Å². The second-order valence-corrected chi connectivity index (χ2v) is 7.52. The van der Waals surface area contributed by atoms with Crippen LogP contribution in [0.2, 0.25) is 0 Å². The average molecular weight is 296 g/mol. The van der Waals surface area contributed by atoms with Crippen LogP contribution in [-0.2, 0) is 9.47 Å². The molecule has 0 radical (unpaired) electrons. The number of rotatable bonds is 4. The van der Waals surface area contributed by atoms with Gasteiger partial charge in [-0.3, -0.25) is 0 Å². The van der Waals surface area contributed by atoms with E-state index in [4.69, 9.17) is 9.47 Å². The van der Waals surface area contributed by atoms with Crippen LogP contribution in [0.15, 0.2) is 0 Å². The van der Waals surface area contributed by atoms with Crippen molar-refractivity contribution in [2.45, 2.75) is 63.6 Å². The van der Waals surface area contributed by atoms with Crippen molar-refractivity contribution in [2.75, 3.05) is 39.5 Å². The summed E-state index contributed by atoms with van der Waals surface area (Å²) in [5, 5.41) is 3.59. The first-order chi connectivity index (χ1) is 10.2. The molecule has 0 bridgehead atoms. The maximum atomic E-state index is 6.07. The van der Waals surface area contributed by atoms with Crippen molar-refractivity contribution in [1.29, 1.82) is 0 Å². The van der Waals surface area contributed by atoms with Crippen LogP contribution in [0.5, 0.6) is 0 Å². The molecule has 0 aromatic carbocycles. The minimum atomic E-state index is 0.0545. The first kappa shape index (κ1) is 15.7. The van der Waals surface area contributed by atoms with Crippen LogP contribution in [0, 0.1) is 5.92 Å². The van der Waals surface area contributed by atoms with E-state index in [0.717, 1.165) is 38.2 Å². The highest BCUT2D eigenvalue weighted by atomic mass is 16.6. The zero-order valence-corrected chi connectivity index (χ0v) is 13.8. The molecule has 122 valence electrons. The fourth-order valence-electron chi connectivity index (χ4n) is 4.10. The maximum absolute atomic E-state index is 6.07. The first-order valence-corrected chi connectivity index (χ1v) is 8.86. The van der Waals surface area contributed by atoms with Crippen LogP contribution < -0.4 is 5.32 Å². The molecule has 1 N–H and O–H groups in total. The number of nitrogens with zero attached hydrogens (tertiary/aromatic N) is 1. The van der Waals surface area contributed by atoms with Crippen molar-refractivity contribution in [3.05, 3.63) is 0 Å². The largest absolute Gasteiger partial charge is 0.378 e. The molecule has 3 rings (SSSR count). The minimum absolute atomic E-state index is 0.0545. The third-order valence-corrected chi connectivity index (χ3v) is 5.51. The number of nitrogens with one attached hydrogen (secondary N) is 1. The second kappa shape index (κ2) is 6.95. The predicted molar refractivity (Wildman–Crippen MR) is 84.6 cm³/mol. The van der Waals surface area contributed by atoms with E-state index in [1.165, 1.54) is 45.3 Å². The quantitative estimate of drug-likeness (QED) is 0.861. The van der Waals surface area contributed by atoms with E-state index in [2.05, 4.69) is 24.1 Å². The van der Waals surface area contributed by atoms with Gasteiger partial charge in [-0.1, -0.05) is 13.8 Å². The van der Waals surface area contributed by atoms with Gasteiger partial charge in [-0.25, -0.2) is 0 Å². The summed E-state index contributed by atoms with van der Waals surface area (Å²) in [6, 6.07) is 1.33. The van der Waals surface area contributed by atoms with Crippen molar-refractivity contribution in [3.8, 4) is 0 Å². The standard InChI is InChI=1S/C17H32N2O2/c1-14(2)18-12-15-3-7-19(8-4-15)16-5-9-21-17(11-16)6-10-20-13-17/h14-16,18H,3-13H2,1-2H3. The first-order valence-electron chi connectivity index (χ1n) is 8.86. The molecule has 4 heteroatoms. The molecule has 0 amide bonds. The van der Waals surface area contributed by atoms with Gasteiger partial charge in [0.25, 0.3) is 0 Å². The van der Waals surface area contributed by atoms with E-state index in [9.17, 15) is 0 Å². The Morgan fingerprint density at radius 2 is 2.00 bits per heavy atom. The van der Waals surface area contributed by atoms with Gasteiger partial charge in [0.15, 0.2) is 0 Å². The van der Waals surface area contributed by atoms with Crippen molar-refractivity contribution < 1.29 is 9.47 Å². The summed E-state index contributed by atoms with van der Waals surface area (Å²) >= 11 is 0. The Morgan fingerprint density at radius 3 is 2.67 bits per heavy atom. The third-order valence-electron chi connectivity index (χ3n) is 5.51. The Balaban J connectivity index is 1.45. The SMILES string of the molecule is CC(C)NCC1CCN(C2CCOC3(CCOC3)C2)CC1. The van der Waals surface area contributed by atoms with Crippen LogP contribution in [0.4, 0.5) is 0 Å². The minimum Gasteiger partial charge on any atom is -0.378 e. The monoisotopic (exact) mass is 296 g/mol. The molecule has 3 saturated heterocycles. The zero-order chi connectivity index (χ0) is 14.7. The van der Waals surface area contributed by atoms with E-state index < -0.39 is 0 Å². The van der Waals surface area contributed by atoms with Gasteiger partial charge in [0, 0.05) is 31.7 Å². The van der Waals surface area contributed by atoms with E-state index in [0.29, 0.717) is 6.04 Å². The van der Waals surface area contributed by atoms with Crippen LogP contribution >= 0.6 is 0 Å². The van der Waals surface area contributed by atoms with Crippen molar-refractivity contribution in [2.24, 2.45) is 5.92 Å². The lowest BCUT2D eigenvalue weighted by molar-refractivity contribution is -0.109. The Morgan fingerprint density at radius 1 is 1.19 bits per heavy atom. The number of ether oxygens (including phenoxy) is 2. The van der Waals surface area contributed by atoms with Gasteiger partial charge in [0.2, 0.25) is 0 Å². The Bertz CT molecular complexity index is 321. The van der Waals surface area contributed by atoms with Gasteiger partial charge in [0.05, 0.1) is 12.2 Å². The predicted octanol–water partition coefficient (Wildman–Crippen LogP) is 2.03. The van der Waals surface area contributed by atoms with E-state index in [1.54, 1.807) is 0 Å². The van der Waals surface area contributed by atoms with Gasteiger partial charge < -0.3 is 19.7 Å². The van der Waals surface area contributed by atoms with Crippen molar-refractivity contribution in [3.63, 3.8) is 0 Å². The number of piperidine rings is 1. The molecule has 4 nitrogen and oxygen atoms in total. The fraction of sp³-hybridized carbons (Fsp3) is 1.00. The second-order valence-electron chi connectivity index (χ2n) is 7.52. The number of likely N-dealkylation sites (tertiary alicyclic amines) is 1. The highest BCUT2D eigenvalue weighted by Crippen LogP contribution is 2.35. The molecule has 2 atom stereocenters. The summed E-state index contributed by atoms with van der Waals surface area (Å²) in [4.78, 5) is 2.73. The molecule has 1 spiro atoms. The van der Waals surface area contributed by atoms with Crippen LogP contribution in [0.1, 0.15) is 46.0 Å². The van der Waals surface area contributed by atoms with Crippen LogP contribution in [0.3, 0.4) is 0 Å². The molecule has 3 aliphatic heterocycles. The normalized spacial score (nSPS) is 35.9. The number of hydrogen-bond acceptors (Lipinski definition) is 4. The maximum Gasteiger partial charge on any atom is 0.0951 e. The average Bonchev–Trinajstić information content (AvgIpc) is 2.93. The summed E-state index contributed by atoms with van der Waals surface area (Å²) in [5.74, 6) is 0.868. The molecular formula is C17H32N2O2. The lowest BCUT2D eigenvalue weighted by Crippen LogP contribution is -2.51. The van der Waals surface area contributed by atoms with E-state index in [-0.39, 0.29) is 5.60 Å². The van der Waals surface area contributed by atoms with E-state index in [1.807, 2.05) is 0 Å². The molecule has 3 heterocycles. The smallest absolute Gasteiger partial charge is 0.0951 e. The van der Waals surface area contributed by atoms with Gasteiger partial charge >= 0.3 is 0 Å². The Labute approximate surface area is 129 Å². The van der Waals surface area contributed by atoms with Gasteiger partial charge in [-0.15, -0.1) is 0 Å². The fourth-order valence-corrected chi connectivity index (χ4v) is 4.10. The summed E-state index contributed by atoms with van der Waals surface area (Å²) in [7, 11) is 0. The summed E-state index contributed by atoms with van der Waals surface area (Å²) < 4.78 is 11.7. The molecule has 3 aliphatic rings. The zero-order valence-electron chi connectivity index (χ0n) is 13.8. The van der Waals surface area contributed by atoms with Gasteiger partial charge in [-0.05, 0) is 51.2 Å². The highest BCUT2D eigenvalue weighted by Gasteiger charge is 2.42. The molecule has 3 fully saturated rings. The summed E-state index contributed by atoms with van der Waals surface area (Å²) in [6.07, 6.45) is 6.18. The molecule has 21 heavy (non-hydrogen) atoms. The summed E-state index contributed by atoms with van der Waals surface area (Å²) in [5.41, 5.74) is 0.0545. The summed E-state index contributed by atoms with van der Waals surface area (Å²) in [6.45, 7) is 10.8. The van der Waals surface area contributed by atoms with Crippen LogP contribution in [-0.4, -0.2) is 62.0 Å². The Hall–Kier alpha value is -0.160. The molecule has 0 aromatic rings. The molecule has 0 aliphatic carbocycles. The molecular weight excluding hydrogens is 264 g/mol. The van der Waals surface area contributed by atoms with E-state index >= 15 is 0 Å². The van der Waals surface area contributed by atoms with Crippen LogP contribution in [0.25, 0.3) is 0 Å². The van der Waals surface area contributed by atoms with Crippen molar-refractivity contribution >= 4 is 0 Å². The highest BCUT2D eigenvalue weighted by molar-refractivity contribution is 4.94. The molecule has 2 unspecified atom stereocenters. The van der Waals surface area contributed by atoms with Crippen molar-refractivity contribution in [1.82, 2.24) is 10.2 Å². The lowest BCUT2D eigenvalue weighted by Gasteiger charge is -2.44. The van der Waals surface area contributed by atoms with Gasteiger partial charge in [0.1, 0.15) is 0 Å². The Kier molecular flexibility index (Phi) is 5.20. The number of hydrogen-bond donors (Lipinski definition) is 1. The third kappa shape index (κ3) is 3.98. The molecule has 0 saturated carbocycles.